The second-order valence-corrected chi connectivity index (χ2v) is 9.61. The molecule has 33 heavy (non-hydrogen) atoms. The fraction of sp³-hybridized carbons (Fsp3) is 0.480. The lowest BCUT2D eigenvalue weighted by molar-refractivity contribution is -0.140. The first kappa shape index (κ1) is 23.0. The van der Waals surface area contributed by atoms with Crippen molar-refractivity contribution in [2.75, 3.05) is 23.7 Å². The summed E-state index contributed by atoms with van der Waals surface area (Å²) in [6, 6.07) is 9.98. The van der Waals surface area contributed by atoms with Crippen molar-refractivity contribution in [2.24, 2.45) is 5.92 Å². The Kier molecular flexibility index (Phi) is 6.00. The molecule has 1 unspecified atom stereocenters. The van der Waals surface area contributed by atoms with E-state index in [1.807, 2.05) is 18.2 Å². The number of carbonyl (C=O) groups is 1. The monoisotopic (exact) mass is 453 g/mol. The maximum atomic E-state index is 14.6. The molecule has 1 amide bonds. The number of hydrogen-bond acceptors (Lipinski definition) is 5. The highest BCUT2D eigenvalue weighted by Gasteiger charge is 2.45. The summed E-state index contributed by atoms with van der Waals surface area (Å²) in [5, 5.41) is 16.0. The minimum atomic E-state index is -3.09. The van der Waals surface area contributed by atoms with E-state index in [-0.39, 0.29) is 24.4 Å². The van der Waals surface area contributed by atoms with Gasteiger partial charge in [0.25, 0.3) is 5.92 Å². The second kappa shape index (κ2) is 8.62. The Morgan fingerprint density at radius 1 is 1.21 bits per heavy atom. The van der Waals surface area contributed by atoms with E-state index in [4.69, 9.17) is 0 Å². The van der Waals surface area contributed by atoms with Gasteiger partial charge in [-0.3, -0.25) is 4.79 Å². The average molecular weight is 454 g/mol. The van der Waals surface area contributed by atoms with E-state index in [1.165, 1.54) is 19.8 Å². The molecule has 1 aromatic carbocycles. The molecule has 2 aromatic rings. The first-order valence-electron chi connectivity index (χ1n) is 11.3. The third-order valence-corrected chi connectivity index (χ3v) is 6.66. The van der Waals surface area contributed by atoms with Gasteiger partial charge >= 0.3 is 0 Å². The van der Waals surface area contributed by atoms with Crippen LogP contribution in [0.4, 0.5) is 20.3 Å². The summed E-state index contributed by atoms with van der Waals surface area (Å²) in [4.78, 5) is 17.1. The number of piperidine rings is 1. The van der Waals surface area contributed by atoms with Crippen LogP contribution in [0.5, 0.6) is 0 Å². The minimum absolute atomic E-state index is 0.0413. The van der Waals surface area contributed by atoms with Gasteiger partial charge in [-0.05, 0) is 74.4 Å². The Bertz CT molecular complexity index is 1090. The lowest BCUT2D eigenvalue weighted by Crippen LogP contribution is -2.55. The number of likely N-dealkylation sites (tertiary alicyclic amines) is 1. The van der Waals surface area contributed by atoms with Crippen LogP contribution in [0.2, 0.25) is 0 Å². The van der Waals surface area contributed by atoms with E-state index in [0.717, 1.165) is 21.8 Å². The molecule has 2 fully saturated rings. The predicted octanol–water partition coefficient (Wildman–Crippen LogP) is 4.89. The normalized spacial score (nSPS) is 20.1. The van der Waals surface area contributed by atoms with Crippen molar-refractivity contribution in [3.05, 3.63) is 42.1 Å². The van der Waals surface area contributed by atoms with Crippen molar-refractivity contribution in [1.29, 1.82) is 5.26 Å². The average Bonchev–Trinajstić information content (AvgIpc) is 3.61. The number of pyridine rings is 1. The number of carbonyl (C=O) groups excluding carboxylic acids is 1. The standard InChI is InChI=1S/C25H29F2N5O/c1-16(33)32-11-9-22(25(26,27)15-32)30-21-7-4-17(12-19(21)14-28)18-8-10-29-23(13-18)31-24(2,3)20-5-6-20/h4,7-8,10,12-13,20,22,30H,5-6,9,11,15H2,1-3H3,(H,29,31). The zero-order valence-electron chi connectivity index (χ0n) is 19.2. The van der Waals surface area contributed by atoms with E-state index >= 15 is 0 Å². The highest BCUT2D eigenvalue weighted by molar-refractivity contribution is 5.74. The van der Waals surface area contributed by atoms with Gasteiger partial charge in [-0.1, -0.05) is 6.07 Å². The summed E-state index contributed by atoms with van der Waals surface area (Å²) in [6.45, 7) is 5.27. The molecule has 1 aliphatic heterocycles. The molecule has 2 aliphatic rings. The lowest BCUT2D eigenvalue weighted by atomic mass is 9.97. The molecule has 2 heterocycles. The zero-order valence-corrected chi connectivity index (χ0v) is 19.2. The summed E-state index contributed by atoms with van der Waals surface area (Å²) >= 11 is 0. The van der Waals surface area contributed by atoms with E-state index in [9.17, 15) is 18.8 Å². The summed E-state index contributed by atoms with van der Waals surface area (Å²) in [5.41, 5.74) is 2.32. The molecule has 6 nitrogen and oxygen atoms in total. The number of alkyl halides is 2. The third kappa shape index (κ3) is 5.08. The number of aromatic nitrogens is 1. The van der Waals surface area contributed by atoms with Gasteiger partial charge in [0.05, 0.1) is 23.8 Å². The van der Waals surface area contributed by atoms with Gasteiger partial charge in [0.15, 0.2) is 0 Å². The highest BCUT2D eigenvalue weighted by atomic mass is 19.3. The summed E-state index contributed by atoms with van der Waals surface area (Å²) in [7, 11) is 0. The van der Waals surface area contributed by atoms with Crippen molar-refractivity contribution in [2.45, 2.75) is 57.5 Å². The van der Waals surface area contributed by atoms with Crippen LogP contribution < -0.4 is 10.6 Å². The van der Waals surface area contributed by atoms with Crippen LogP contribution in [0.3, 0.4) is 0 Å². The molecule has 8 heteroatoms. The number of hydrogen-bond donors (Lipinski definition) is 2. The van der Waals surface area contributed by atoms with E-state index in [1.54, 1.807) is 18.3 Å². The molecule has 1 saturated heterocycles. The van der Waals surface area contributed by atoms with Crippen LogP contribution >= 0.6 is 0 Å². The molecule has 174 valence electrons. The van der Waals surface area contributed by atoms with Crippen molar-refractivity contribution < 1.29 is 13.6 Å². The Morgan fingerprint density at radius 2 is 1.94 bits per heavy atom. The number of anilines is 2. The molecule has 0 radical (unpaired) electrons. The maximum Gasteiger partial charge on any atom is 0.284 e. The van der Waals surface area contributed by atoms with Crippen molar-refractivity contribution in [1.82, 2.24) is 9.88 Å². The van der Waals surface area contributed by atoms with Crippen LogP contribution in [-0.2, 0) is 4.79 Å². The van der Waals surface area contributed by atoms with Gasteiger partial charge in [-0.25, -0.2) is 13.8 Å². The number of nitrogens with one attached hydrogen (secondary N) is 2. The van der Waals surface area contributed by atoms with Gasteiger partial charge in [-0.15, -0.1) is 0 Å². The van der Waals surface area contributed by atoms with E-state index in [0.29, 0.717) is 17.2 Å². The molecule has 4 rings (SSSR count). The molecule has 1 atom stereocenters. The van der Waals surface area contributed by atoms with Crippen molar-refractivity contribution in [3.63, 3.8) is 0 Å². The fourth-order valence-electron chi connectivity index (χ4n) is 4.43. The molecule has 0 bridgehead atoms. The Hall–Kier alpha value is -3.21. The first-order valence-corrected chi connectivity index (χ1v) is 11.3. The smallest absolute Gasteiger partial charge is 0.284 e. The van der Waals surface area contributed by atoms with Crippen molar-refractivity contribution in [3.8, 4) is 17.2 Å². The number of halogens is 2. The van der Waals surface area contributed by atoms with Crippen LogP contribution in [0, 0.1) is 17.2 Å². The van der Waals surface area contributed by atoms with Crippen LogP contribution in [0.15, 0.2) is 36.5 Å². The fourth-order valence-corrected chi connectivity index (χ4v) is 4.43. The summed E-state index contributed by atoms with van der Waals surface area (Å²) in [6.07, 6.45) is 4.26. The number of benzene rings is 1. The number of rotatable bonds is 6. The van der Waals surface area contributed by atoms with Gasteiger partial charge in [0, 0.05) is 25.2 Å². The number of nitrogens with zero attached hydrogens (tertiary/aromatic N) is 3. The molecule has 1 saturated carbocycles. The zero-order chi connectivity index (χ0) is 23.8. The van der Waals surface area contributed by atoms with Gasteiger partial charge < -0.3 is 15.5 Å². The molecule has 1 aromatic heterocycles. The SMILES string of the molecule is CC(=O)N1CCC(Nc2ccc(-c3ccnc(NC(C)(C)C4CC4)c3)cc2C#N)C(F)(F)C1. The molecule has 0 spiro atoms. The van der Waals surface area contributed by atoms with Crippen LogP contribution in [0.1, 0.15) is 45.6 Å². The second-order valence-electron chi connectivity index (χ2n) is 9.61. The topological polar surface area (TPSA) is 81.1 Å². The van der Waals surface area contributed by atoms with Crippen molar-refractivity contribution >= 4 is 17.4 Å². The van der Waals surface area contributed by atoms with Crippen LogP contribution in [-0.4, -0.2) is 46.4 Å². The van der Waals surface area contributed by atoms with Gasteiger partial charge in [0.2, 0.25) is 5.91 Å². The van der Waals surface area contributed by atoms with Gasteiger partial charge in [0.1, 0.15) is 11.9 Å². The molecular formula is C25H29F2N5O. The number of amides is 1. The Balaban J connectivity index is 1.52. The maximum absolute atomic E-state index is 14.6. The molecular weight excluding hydrogens is 424 g/mol. The van der Waals surface area contributed by atoms with E-state index < -0.39 is 18.5 Å². The predicted molar refractivity (Wildman–Crippen MR) is 124 cm³/mol. The molecule has 2 N–H and O–H groups in total. The minimum Gasteiger partial charge on any atom is -0.375 e. The molecule has 1 aliphatic carbocycles. The van der Waals surface area contributed by atoms with Crippen LogP contribution in [0.25, 0.3) is 11.1 Å². The summed E-state index contributed by atoms with van der Waals surface area (Å²) < 4.78 is 29.3. The lowest BCUT2D eigenvalue weighted by Gasteiger charge is -2.38. The first-order chi connectivity index (χ1) is 15.6. The largest absolute Gasteiger partial charge is 0.375 e. The summed E-state index contributed by atoms with van der Waals surface area (Å²) in [5.74, 6) is -2.04. The quantitative estimate of drug-likeness (QED) is 0.651. The Labute approximate surface area is 193 Å². The third-order valence-electron chi connectivity index (χ3n) is 6.66. The van der Waals surface area contributed by atoms with E-state index in [2.05, 4.69) is 35.5 Å². The van der Waals surface area contributed by atoms with Gasteiger partial charge in [-0.2, -0.15) is 5.26 Å². The Morgan fingerprint density at radius 3 is 2.58 bits per heavy atom. The number of nitriles is 1. The highest BCUT2D eigenvalue weighted by Crippen LogP contribution is 2.41.